The molecule has 130 valence electrons. The zero-order valence-electron chi connectivity index (χ0n) is 14.1. The first-order valence-corrected chi connectivity index (χ1v) is 8.36. The maximum Gasteiger partial charge on any atom is 0.224 e. The second-order valence-corrected chi connectivity index (χ2v) is 5.92. The van der Waals surface area contributed by atoms with E-state index in [9.17, 15) is 14.0 Å². The molecule has 26 heavy (non-hydrogen) atoms. The predicted octanol–water partition coefficient (Wildman–Crippen LogP) is 5.09. The topological polar surface area (TPSA) is 46.2 Å². The number of hydrogen-bond donors (Lipinski definition) is 1. The molecule has 4 heteroatoms. The van der Waals surface area contributed by atoms with Crippen molar-refractivity contribution in [1.82, 2.24) is 0 Å². The number of nitrogens with one attached hydrogen (secondary N) is 1. The minimum atomic E-state index is -0.364. The highest BCUT2D eigenvalue weighted by Gasteiger charge is 2.10. The summed E-state index contributed by atoms with van der Waals surface area (Å²) in [6.45, 7) is 0. The number of carbonyl (C=O) groups excluding carboxylic acids is 2. The number of carbonyl (C=O) groups is 2. The minimum absolute atomic E-state index is 0.0800. The molecular weight excluding hydrogens is 329 g/mol. The van der Waals surface area contributed by atoms with Gasteiger partial charge in [0.2, 0.25) is 5.91 Å². The van der Waals surface area contributed by atoms with E-state index in [0.717, 1.165) is 11.1 Å². The number of Topliss-reactive ketones (excluding diaryl/α,β-unsaturated/α-hetero) is 1. The number of rotatable bonds is 6. The van der Waals surface area contributed by atoms with E-state index < -0.39 is 0 Å². The molecule has 0 saturated heterocycles. The van der Waals surface area contributed by atoms with Gasteiger partial charge in [0.15, 0.2) is 5.78 Å². The van der Waals surface area contributed by atoms with Crippen LogP contribution in [0, 0.1) is 5.82 Å². The van der Waals surface area contributed by atoms with Crippen LogP contribution in [0.15, 0.2) is 78.9 Å². The molecule has 3 nitrogen and oxygen atoms in total. The molecule has 0 aliphatic carbocycles. The third-order valence-corrected chi connectivity index (χ3v) is 4.02. The van der Waals surface area contributed by atoms with Crippen LogP contribution in [0.5, 0.6) is 0 Å². The van der Waals surface area contributed by atoms with Gasteiger partial charge in [0, 0.05) is 24.1 Å². The predicted molar refractivity (Wildman–Crippen MR) is 100 cm³/mol. The van der Waals surface area contributed by atoms with Gasteiger partial charge in [0.05, 0.1) is 0 Å². The number of amides is 1. The molecule has 0 heterocycles. The fourth-order valence-electron chi connectivity index (χ4n) is 2.61. The van der Waals surface area contributed by atoms with E-state index in [1.807, 2.05) is 42.5 Å². The largest absolute Gasteiger partial charge is 0.326 e. The summed E-state index contributed by atoms with van der Waals surface area (Å²) in [5, 5.41) is 2.65. The van der Waals surface area contributed by atoms with Crippen LogP contribution in [-0.2, 0) is 4.79 Å². The Morgan fingerprint density at radius 3 is 2.00 bits per heavy atom. The standard InChI is InChI=1S/C22H18FNO2/c23-19-10-12-20(13-11-19)24-22(26)15-14-21(25)18-8-6-17(7-9-18)16-4-2-1-3-5-16/h1-13H,14-15H2,(H,24,26). The van der Waals surface area contributed by atoms with Crippen molar-refractivity contribution in [3.8, 4) is 11.1 Å². The molecule has 3 aromatic rings. The Balaban J connectivity index is 1.54. The summed E-state index contributed by atoms with van der Waals surface area (Å²) in [5.41, 5.74) is 3.22. The van der Waals surface area contributed by atoms with E-state index >= 15 is 0 Å². The first-order chi connectivity index (χ1) is 12.6. The van der Waals surface area contributed by atoms with E-state index in [-0.39, 0.29) is 30.3 Å². The second kappa shape index (κ2) is 8.21. The van der Waals surface area contributed by atoms with Gasteiger partial charge in [-0.15, -0.1) is 0 Å². The molecule has 0 saturated carbocycles. The van der Waals surface area contributed by atoms with E-state index in [2.05, 4.69) is 5.32 Å². The monoisotopic (exact) mass is 347 g/mol. The fraction of sp³-hybridized carbons (Fsp3) is 0.0909. The molecule has 3 aromatic carbocycles. The molecule has 1 amide bonds. The van der Waals surface area contributed by atoms with Gasteiger partial charge >= 0.3 is 0 Å². The summed E-state index contributed by atoms with van der Waals surface area (Å²) in [6.07, 6.45) is 0.203. The van der Waals surface area contributed by atoms with Crippen LogP contribution in [-0.4, -0.2) is 11.7 Å². The van der Waals surface area contributed by atoms with Crippen molar-refractivity contribution < 1.29 is 14.0 Å². The van der Waals surface area contributed by atoms with E-state index in [1.54, 1.807) is 12.1 Å². The lowest BCUT2D eigenvalue weighted by Gasteiger charge is -2.06. The molecular formula is C22H18FNO2. The van der Waals surface area contributed by atoms with E-state index in [1.165, 1.54) is 24.3 Å². The molecule has 0 aromatic heterocycles. The van der Waals surface area contributed by atoms with Gasteiger partial charge in [-0.2, -0.15) is 0 Å². The van der Waals surface area contributed by atoms with Crippen molar-refractivity contribution in [3.05, 3.63) is 90.2 Å². The van der Waals surface area contributed by atoms with Crippen LogP contribution in [0.3, 0.4) is 0 Å². The Labute approximate surface area is 151 Å². The van der Waals surface area contributed by atoms with Crippen LogP contribution < -0.4 is 5.32 Å². The fourth-order valence-corrected chi connectivity index (χ4v) is 2.61. The molecule has 0 spiro atoms. The van der Waals surface area contributed by atoms with Crippen LogP contribution in [0.25, 0.3) is 11.1 Å². The zero-order chi connectivity index (χ0) is 18.4. The van der Waals surface area contributed by atoms with Crippen molar-refractivity contribution in [2.75, 3.05) is 5.32 Å². The lowest BCUT2D eigenvalue weighted by atomic mass is 10.0. The Morgan fingerprint density at radius 1 is 0.731 bits per heavy atom. The second-order valence-electron chi connectivity index (χ2n) is 5.92. The number of anilines is 1. The molecule has 0 bridgehead atoms. The van der Waals surface area contributed by atoms with Crippen molar-refractivity contribution >= 4 is 17.4 Å². The third kappa shape index (κ3) is 4.63. The average molecular weight is 347 g/mol. The molecule has 0 aliphatic rings. The average Bonchev–Trinajstić information content (AvgIpc) is 2.69. The van der Waals surface area contributed by atoms with E-state index in [0.29, 0.717) is 11.3 Å². The number of ketones is 1. The summed E-state index contributed by atoms with van der Waals surface area (Å²) >= 11 is 0. The van der Waals surface area contributed by atoms with Gasteiger partial charge in [-0.1, -0.05) is 54.6 Å². The summed E-state index contributed by atoms with van der Waals surface area (Å²) in [4.78, 5) is 24.2. The number of halogens is 1. The molecule has 0 aliphatic heterocycles. The zero-order valence-corrected chi connectivity index (χ0v) is 14.1. The SMILES string of the molecule is O=C(CCC(=O)c1ccc(-c2ccccc2)cc1)Nc1ccc(F)cc1. The van der Waals surface area contributed by atoms with Gasteiger partial charge in [-0.25, -0.2) is 4.39 Å². The highest BCUT2D eigenvalue weighted by molar-refractivity contribution is 6.00. The van der Waals surface area contributed by atoms with Gasteiger partial charge < -0.3 is 5.32 Å². The molecule has 0 unspecified atom stereocenters. The lowest BCUT2D eigenvalue weighted by Crippen LogP contribution is -2.13. The van der Waals surface area contributed by atoms with Crippen molar-refractivity contribution in [1.29, 1.82) is 0 Å². The Morgan fingerprint density at radius 2 is 1.35 bits per heavy atom. The summed E-state index contributed by atoms with van der Waals surface area (Å²) in [6, 6.07) is 22.8. The molecule has 1 N–H and O–H groups in total. The van der Waals surface area contributed by atoms with Crippen LogP contribution in [0.4, 0.5) is 10.1 Å². The van der Waals surface area contributed by atoms with Gasteiger partial charge in [0.25, 0.3) is 0 Å². The maximum absolute atomic E-state index is 12.8. The van der Waals surface area contributed by atoms with Gasteiger partial charge in [-0.05, 0) is 35.4 Å². The van der Waals surface area contributed by atoms with Crippen molar-refractivity contribution in [3.63, 3.8) is 0 Å². The lowest BCUT2D eigenvalue weighted by molar-refractivity contribution is -0.116. The smallest absolute Gasteiger partial charge is 0.224 e. The van der Waals surface area contributed by atoms with E-state index in [4.69, 9.17) is 0 Å². The Bertz CT molecular complexity index is 888. The normalized spacial score (nSPS) is 10.3. The van der Waals surface area contributed by atoms with Crippen molar-refractivity contribution in [2.24, 2.45) is 0 Å². The van der Waals surface area contributed by atoms with Crippen LogP contribution in [0.2, 0.25) is 0 Å². The van der Waals surface area contributed by atoms with Gasteiger partial charge in [-0.3, -0.25) is 9.59 Å². The van der Waals surface area contributed by atoms with Gasteiger partial charge in [0.1, 0.15) is 5.82 Å². The molecule has 3 rings (SSSR count). The van der Waals surface area contributed by atoms with Crippen LogP contribution in [0.1, 0.15) is 23.2 Å². The highest BCUT2D eigenvalue weighted by Crippen LogP contribution is 2.20. The first-order valence-electron chi connectivity index (χ1n) is 8.36. The third-order valence-electron chi connectivity index (χ3n) is 4.02. The first kappa shape index (κ1) is 17.5. The minimum Gasteiger partial charge on any atom is -0.326 e. The highest BCUT2D eigenvalue weighted by atomic mass is 19.1. The molecule has 0 radical (unpaired) electrons. The Kier molecular flexibility index (Phi) is 5.54. The maximum atomic E-state index is 12.8. The number of hydrogen-bond acceptors (Lipinski definition) is 2. The quantitative estimate of drug-likeness (QED) is 0.631. The Hall–Kier alpha value is -3.27. The molecule has 0 atom stereocenters. The van der Waals surface area contributed by atoms with Crippen molar-refractivity contribution in [2.45, 2.75) is 12.8 Å². The summed E-state index contributed by atoms with van der Waals surface area (Å²) < 4.78 is 12.8. The number of benzene rings is 3. The molecule has 0 fully saturated rings. The summed E-state index contributed by atoms with van der Waals surface area (Å²) in [5.74, 6) is -0.721. The van der Waals surface area contributed by atoms with Crippen LogP contribution >= 0.6 is 0 Å². The summed E-state index contributed by atoms with van der Waals surface area (Å²) in [7, 11) is 0.